The molecule has 3 rings (SSSR count). The van der Waals surface area contributed by atoms with Crippen LogP contribution in [0.5, 0.6) is 0 Å². The molecule has 0 saturated heterocycles. The van der Waals surface area contributed by atoms with E-state index in [1.54, 1.807) is 0 Å². The molecule has 0 radical (unpaired) electrons. The van der Waals surface area contributed by atoms with Crippen LogP contribution in [0.3, 0.4) is 0 Å². The number of aliphatic carboxylic acids is 1. The molecule has 2 saturated carbocycles. The van der Waals surface area contributed by atoms with Gasteiger partial charge in [-0.05, 0) is 54.3 Å². The van der Waals surface area contributed by atoms with Crippen molar-refractivity contribution in [2.45, 2.75) is 40.0 Å². The van der Waals surface area contributed by atoms with Crippen LogP contribution in [-0.2, 0) is 4.79 Å². The first-order valence-corrected chi connectivity index (χ1v) is 7.45. The molecule has 4 bridgehead atoms. The van der Waals surface area contributed by atoms with Crippen LogP contribution in [-0.4, -0.2) is 11.1 Å². The molecule has 100 valence electrons. The standard InChI is InChI=1S/C16H24O2/c1-8(2)10-5-4-9(3)13-11-6-7-12(16(17)18)15(13)14(10)11/h7-11,13-15H,4-6H2,1-3H3,(H,17,18). The van der Waals surface area contributed by atoms with E-state index in [0.717, 1.165) is 23.8 Å². The van der Waals surface area contributed by atoms with Crippen LogP contribution in [0.15, 0.2) is 11.6 Å². The molecule has 0 amide bonds. The maximum atomic E-state index is 11.4. The van der Waals surface area contributed by atoms with Gasteiger partial charge >= 0.3 is 5.97 Å². The SMILES string of the molecule is CC(C)C1CCC(C)C2C3CC=C(C(=O)O)C2C13. The van der Waals surface area contributed by atoms with E-state index in [0.29, 0.717) is 29.6 Å². The van der Waals surface area contributed by atoms with Crippen LogP contribution >= 0.6 is 0 Å². The van der Waals surface area contributed by atoms with Gasteiger partial charge < -0.3 is 5.11 Å². The Morgan fingerprint density at radius 3 is 2.67 bits per heavy atom. The molecule has 2 fully saturated rings. The topological polar surface area (TPSA) is 37.3 Å². The average molecular weight is 248 g/mol. The van der Waals surface area contributed by atoms with Gasteiger partial charge in [0.05, 0.1) is 0 Å². The predicted molar refractivity (Wildman–Crippen MR) is 71.0 cm³/mol. The molecule has 2 heteroatoms. The van der Waals surface area contributed by atoms with Crippen molar-refractivity contribution in [2.75, 3.05) is 0 Å². The van der Waals surface area contributed by atoms with E-state index in [1.807, 2.05) is 6.08 Å². The van der Waals surface area contributed by atoms with Gasteiger partial charge in [0, 0.05) is 5.57 Å². The van der Waals surface area contributed by atoms with E-state index in [2.05, 4.69) is 20.8 Å². The van der Waals surface area contributed by atoms with E-state index in [1.165, 1.54) is 12.8 Å². The maximum absolute atomic E-state index is 11.4. The van der Waals surface area contributed by atoms with Crippen molar-refractivity contribution in [3.63, 3.8) is 0 Å². The van der Waals surface area contributed by atoms with E-state index in [-0.39, 0.29) is 0 Å². The lowest BCUT2D eigenvalue weighted by Crippen LogP contribution is -2.55. The molecule has 6 unspecified atom stereocenters. The number of carboxylic acids is 1. The largest absolute Gasteiger partial charge is 0.478 e. The molecule has 0 aromatic carbocycles. The molecule has 0 aromatic heterocycles. The zero-order valence-electron chi connectivity index (χ0n) is 11.6. The van der Waals surface area contributed by atoms with E-state index in [9.17, 15) is 9.90 Å². The molecule has 1 N–H and O–H groups in total. The van der Waals surface area contributed by atoms with E-state index < -0.39 is 5.97 Å². The van der Waals surface area contributed by atoms with Crippen molar-refractivity contribution in [3.8, 4) is 0 Å². The molecular formula is C16H24O2. The summed E-state index contributed by atoms with van der Waals surface area (Å²) in [5, 5.41) is 9.42. The van der Waals surface area contributed by atoms with Gasteiger partial charge in [-0.3, -0.25) is 0 Å². The summed E-state index contributed by atoms with van der Waals surface area (Å²) in [5.74, 6) is 3.96. The van der Waals surface area contributed by atoms with Crippen molar-refractivity contribution in [1.82, 2.24) is 0 Å². The van der Waals surface area contributed by atoms with Crippen LogP contribution < -0.4 is 0 Å². The molecule has 0 aliphatic heterocycles. The highest BCUT2D eigenvalue weighted by Crippen LogP contribution is 2.64. The summed E-state index contributed by atoms with van der Waals surface area (Å²) in [6, 6.07) is 0. The summed E-state index contributed by atoms with van der Waals surface area (Å²) in [4.78, 5) is 11.4. The first kappa shape index (κ1) is 12.3. The second-order valence-electron chi connectivity index (χ2n) is 7.01. The Hall–Kier alpha value is -0.790. The van der Waals surface area contributed by atoms with Crippen LogP contribution in [0, 0.1) is 41.4 Å². The number of hydrogen-bond donors (Lipinski definition) is 1. The van der Waals surface area contributed by atoms with Crippen molar-refractivity contribution < 1.29 is 9.90 Å². The normalized spacial score (nSPS) is 46.1. The Balaban J connectivity index is 1.96. The number of fused-ring (bicyclic) bond motifs is 1. The minimum atomic E-state index is -0.662. The number of carboxylic acid groups (broad SMARTS) is 1. The Bertz CT molecular complexity index is 396. The van der Waals surface area contributed by atoms with Gasteiger partial charge in [0.25, 0.3) is 0 Å². The molecule has 0 spiro atoms. The van der Waals surface area contributed by atoms with Crippen LogP contribution in [0.25, 0.3) is 0 Å². The van der Waals surface area contributed by atoms with Gasteiger partial charge in [-0.2, -0.15) is 0 Å². The summed E-state index contributed by atoms with van der Waals surface area (Å²) in [6.45, 7) is 6.97. The highest BCUT2D eigenvalue weighted by molar-refractivity contribution is 5.88. The fourth-order valence-corrected chi connectivity index (χ4v) is 5.24. The van der Waals surface area contributed by atoms with Gasteiger partial charge in [-0.15, -0.1) is 0 Å². The number of rotatable bonds is 2. The monoisotopic (exact) mass is 248 g/mol. The Morgan fingerprint density at radius 2 is 2.06 bits per heavy atom. The second-order valence-corrected chi connectivity index (χ2v) is 7.01. The van der Waals surface area contributed by atoms with Crippen molar-refractivity contribution in [2.24, 2.45) is 41.4 Å². The highest BCUT2D eigenvalue weighted by atomic mass is 16.4. The summed E-state index contributed by atoms with van der Waals surface area (Å²) in [5.41, 5.74) is 0.743. The molecular weight excluding hydrogens is 224 g/mol. The van der Waals surface area contributed by atoms with Crippen molar-refractivity contribution in [1.29, 1.82) is 0 Å². The zero-order valence-corrected chi connectivity index (χ0v) is 11.6. The molecule has 18 heavy (non-hydrogen) atoms. The fraction of sp³-hybridized carbons (Fsp3) is 0.812. The van der Waals surface area contributed by atoms with Gasteiger partial charge in [0.15, 0.2) is 0 Å². The predicted octanol–water partition coefficient (Wildman–Crippen LogP) is 3.58. The summed E-state index contributed by atoms with van der Waals surface area (Å²) in [7, 11) is 0. The van der Waals surface area contributed by atoms with Crippen LogP contribution in [0.1, 0.15) is 40.0 Å². The molecule has 6 atom stereocenters. The minimum Gasteiger partial charge on any atom is -0.478 e. The lowest BCUT2D eigenvalue weighted by atomic mass is 9.45. The Kier molecular flexibility index (Phi) is 2.80. The Morgan fingerprint density at radius 1 is 1.33 bits per heavy atom. The smallest absolute Gasteiger partial charge is 0.331 e. The third-order valence-corrected chi connectivity index (χ3v) is 6.00. The van der Waals surface area contributed by atoms with Gasteiger partial charge in [-0.1, -0.05) is 33.3 Å². The molecule has 0 heterocycles. The fourth-order valence-electron chi connectivity index (χ4n) is 5.24. The van der Waals surface area contributed by atoms with Crippen LogP contribution in [0.2, 0.25) is 0 Å². The maximum Gasteiger partial charge on any atom is 0.331 e. The Labute approximate surface area is 109 Å². The number of carbonyl (C=O) groups is 1. The summed E-state index contributed by atoms with van der Waals surface area (Å²) >= 11 is 0. The lowest BCUT2D eigenvalue weighted by molar-refractivity contribution is -0.138. The zero-order chi connectivity index (χ0) is 13.0. The molecule has 3 aliphatic rings. The minimum absolute atomic E-state index is 0.367. The lowest BCUT2D eigenvalue weighted by Gasteiger charge is -2.58. The van der Waals surface area contributed by atoms with E-state index in [4.69, 9.17) is 0 Å². The number of hydrogen-bond acceptors (Lipinski definition) is 1. The van der Waals surface area contributed by atoms with Crippen molar-refractivity contribution in [3.05, 3.63) is 11.6 Å². The first-order chi connectivity index (χ1) is 8.52. The molecule has 2 nitrogen and oxygen atoms in total. The third kappa shape index (κ3) is 1.50. The van der Waals surface area contributed by atoms with Crippen LogP contribution in [0.4, 0.5) is 0 Å². The van der Waals surface area contributed by atoms with Gasteiger partial charge in [0.2, 0.25) is 0 Å². The van der Waals surface area contributed by atoms with Crippen molar-refractivity contribution >= 4 is 5.97 Å². The molecule has 3 aliphatic carbocycles. The second kappa shape index (κ2) is 4.11. The summed E-state index contributed by atoms with van der Waals surface area (Å²) < 4.78 is 0. The first-order valence-electron chi connectivity index (χ1n) is 7.45. The third-order valence-electron chi connectivity index (χ3n) is 6.00. The number of allylic oxidation sites excluding steroid dienone is 1. The average Bonchev–Trinajstić information content (AvgIpc) is 2.56. The molecule has 0 aromatic rings. The van der Waals surface area contributed by atoms with Gasteiger partial charge in [-0.25, -0.2) is 4.79 Å². The van der Waals surface area contributed by atoms with Gasteiger partial charge in [0.1, 0.15) is 0 Å². The highest BCUT2D eigenvalue weighted by Gasteiger charge is 2.60. The quantitative estimate of drug-likeness (QED) is 0.811. The summed E-state index contributed by atoms with van der Waals surface area (Å²) in [6.07, 6.45) is 5.63. The van der Waals surface area contributed by atoms with E-state index >= 15 is 0 Å².